The Labute approximate surface area is 135 Å². The van der Waals surface area contributed by atoms with Crippen molar-refractivity contribution in [3.05, 3.63) is 47.3 Å². The van der Waals surface area contributed by atoms with E-state index in [9.17, 15) is 9.90 Å². The number of piperidine rings is 1. The molecule has 0 radical (unpaired) electrons. The Morgan fingerprint density at radius 2 is 2.00 bits per heavy atom. The third-order valence-electron chi connectivity index (χ3n) is 4.82. The van der Waals surface area contributed by atoms with Crippen LogP contribution >= 0.6 is 0 Å². The highest BCUT2D eigenvalue weighted by Gasteiger charge is 2.31. The molecule has 0 bridgehead atoms. The number of β-amino-alcohol motifs (C(OH)–C–C–N with tert-alkyl or cyclic N) is 1. The lowest BCUT2D eigenvalue weighted by Crippen LogP contribution is -2.42. The van der Waals surface area contributed by atoms with Crippen LogP contribution < -0.4 is 0 Å². The summed E-state index contributed by atoms with van der Waals surface area (Å²) in [6.07, 6.45) is 4.18. The Kier molecular flexibility index (Phi) is 3.65. The molecule has 2 heterocycles. The fourth-order valence-electron chi connectivity index (χ4n) is 3.68. The van der Waals surface area contributed by atoms with Crippen LogP contribution in [-0.2, 0) is 12.8 Å². The number of nitrogens with zero attached hydrogens (tertiary/aromatic N) is 3. The zero-order valence-corrected chi connectivity index (χ0v) is 13.1. The molecule has 1 aromatic carbocycles. The predicted molar refractivity (Wildman–Crippen MR) is 86.7 cm³/mol. The molecule has 1 aliphatic heterocycles. The van der Waals surface area contributed by atoms with E-state index in [2.05, 4.69) is 5.10 Å². The van der Waals surface area contributed by atoms with E-state index in [0.29, 0.717) is 18.8 Å². The second-order valence-corrected chi connectivity index (χ2v) is 6.42. The molecule has 1 atom stereocenters. The number of carbonyl (C=O) groups excluding carboxylic acids is 1. The van der Waals surface area contributed by atoms with Crippen molar-refractivity contribution < 1.29 is 9.90 Å². The highest BCUT2D eigenvalue weighted by molar-refractivity contribution is 5.94. The van der Waals surface area contributed by atoms with Crippen molar-refractivity contribution in [1.82, 2.24) is 14.7 Å². The summed E-state index contributed by atoms with van der Waals surface area (Å²) in [5.41, 5.74) is 3.84. The zero-order valence-electron chi connectivity index (χ0n) is 13.1. The summed E-state index contributed by atoms with van der Waals surface area (Å²) in [6, 6.07) is 9.99. The zero-order chi connectivity index (χ0) is 15.8. The van der Waals surface area contributed by atoms with Crippen molar-refractivity contribution >= 4 is 5.91 Å². The van der Waals surface area contributed by atoms with Gasteiger partial charge in [0.25, 0.3) is 5.91 Å². The summed E-state index contributed by atoms with van der Waals surface area (Å²) in [4.78, 5) is 14.6. The molecule has 1 amide bonds. The van der Waals surface area contributed by atoms with E-state index < -0.39 is 6.10 Å². The molecular formula is C18H21N3O2. The highest BCUT2D eigenvalue weighted by atomic mass is 16.3. The van der Waals surface area contributed by atoms with E-state index in [4.69, 9.17) is 0 Å². The summed E-state index contributed by atoms with van der Waals surface area (Å²) in [5.74, 6) is -0.0309. The first-order valence-electron chi connectivity index (χ1n) is 8.37. The molecule has 5 nitrogen and oxygen atoms in total. The molecule has 1 N–H and O–H groups in total. The van der Waals surface area contributed by atoms with Crippen LogP contribution in [0.2, 0.25) is 0 Å². The SMILES string of the molecule is O=C(c1nn(-c2ccccc2)c2c1CCC2)N1CCC[C@@H](O)C1. The van der Waals surface area contributed by atoms with Crippen LogP contribution in [-0.4, -0.2) is 44.9 Å². The lowest BCUT2D eigenvalue weighted by molar-refractivity contribution is 0.0467. The fourth-order valence-corrected chi connectivity index (χ4v) is 3.68. The monoisotopic (exact) mass is 311 g/mol. The number of rotatable bonds is 2. The van der Waals surface area contributed by atoms with Crippen molar-refractivity contribution in [3.63, 3.8) is 0 Å². The van der Waals surface area contributed by atoms with Gasteiger partial charge in [0, 0.05) is 24.3 Å². The number of fused-ring (bicyclic) bond motifs is 1. The average molecular weight is 311 g/mol. The van der Waals surface area contributed by atoms with E-state index in [1.165, 1.54) is 0 Å². The van der Waals surface area contributed by atoms with Gasteiger partial charge in [0.05, 0.1) is 11.8 Å². The third kappa shape index (κ3) is 2.55. The van der Waals surface area contributed by atoms with Gasteiger partial charge in [-0.15, -0.1) is 0 Å². The first-order chi connectivity index (χ1) is 11.2. The summed E-state index contributed by atoms with van der Waals surface area (Å²) in [6.45, 7) is 1.13. The van der Waals surface area contributed by atoms with Gasteiger partial charge in [-0.25, -0.2) is 4.68 Å². The second kappa shape index (κ2) is 5.81. The van der Waals surface area contributed by atoms with Gasteiger partial charge in [0.15, 0.2) is 5.69 Å². The maximum atomic E-state index is 12.9. The summed E-state index contributed by atoms with van der Waals surface area (Å²) in [5, 5.41) is 14.5. The van der Waals surface area contributed by atoms with E-state index in [-0.39, 0.29) is 5.91 Å². The standard InChI is InChI=1S/C18H21N3O2/c22-14-8-5-11-20(12-14)18(23)17-15-9-4-10-16(15)21(19-17)13-6-2-1-3-7-13/h1-3,6-7,14,22H,4-5,8-12H2/t14-/m1/s1. The number of benzene rings is 1. The van der Waals surface area contributed by atoms with Crippen LogP contribution in [0.1, 0.15) is 41.0 Å². The number of aliphatic hydroxyl groups is 1. The van der Waals surface area contributed by atoms with Crippen LogP contribution in [0.15, 0.2) is 30.3 Å². The normalized spacial score (nSPS) is 20.6. The number of likely N-dealkylation sites (tertiary alicyclic amines) is 1. The van der Waals surface area contributed by atoms with Crippen LogP contribution in [0.5, 0.6) is 0 Å². The number of hydrogen-bond acceptors (Lipinski definition) is 3. The molecule has 1 fully saturated rings. The lowest BCUT2D eigenvalue weighted by Gasteiger charge is -2.29. The third-order valence-corrected chi connectivity index (χ3v) is 4.82. The van der Waals surface area contributed by atoms with Gasteiger partial charge < -0.3 is 10.0 Å². The number of amides is 1. The lowest BCUT2D eigenvalue weighted by atomic mass is 10.1. The quantitative estimate of drug-likeness (QED) is 0.922. The molecule has 0 unspecified atom stereocenters. The van der Waals surface area contributed by atoms with Gasteiger partial charge in [-0.2, -0.15) is 5.10 Å². The van der Waals surface area contributed by atoms with E-state index in [1.54, 1.807) is 4.90 Å². The molecule has 120 valence electrons. The number of para-hydroxylation sites is 1. The molecule has 1 aliphatic carbocycles. The molecule has 2 aliphatic rings. The first kappa shape index (κ1) is 14.5. The smallest absolute Gasteiger partial charge is 0.274 e. The topological polar surface area (TPSA) is 58.4 Å². The molecule has 1 saturated heterocycles. The Morgan fingerprint density at radius 3 is 2.78 bits per heavy atom. The number of carbonyl (C=O) groups is 1. The maximum Gasteiger partial charge on any atom is 0.274 e. The van der Waals surface area contributed by atoms with Gasteiger partial charge in [0.2, 0.25) is 0 Å². The Bertz CT molecular complexity index is 723. The molecule has 0 spiro atoms. The fraction of sp³-hybridized carbons (Fsp3) is 0.444. The van der Waals surface area contributed by atoms with E-state index >= 15 is 0 Å². The Morgan fingerprint density at radius 1 is 1.17 bits per heavy atom. The van der Waals surface area contributed by atoms with Gasteiger partial charge in [-0.1, -0.05) is 18.2 Å². The number of aromatic nitrogens is 2. The van der Waals surface area contributed by atoms with E-state index in [1.807, 2.05) is 35.0 Å². The van der Waals surface area contributed by atoms with Crippen LogP contribution in [0.25, 0.3) is 5.69 Å². The average Bonchev–Trinajstić information content (AvgIpc) is 3.17. The minimum Gasteiger partial charge on any atom is -0.391 e. The van der Waals surface area contributed by atoms with Gasteiger partial charge in [-0.3, -0.25) is 4.79 Å². The second-order valence-electron chi connectivity index (χ2n) is 6.42. The Balaban J connectivity index is 1.71. The van der Waals surface area contributed by atoms with Crippen LogP contribution in [0.3, 0.4) is 0 Å². The van der Waals surface area contributed by atoms with Crippen LogP contribution in [0, 0.1) is 0 Å². The summed E-state index contributed by atoms with van der Waals surface area (Å²) in [7, 11) is 0. The van der Waals surface area contributed by atoms with Gasteiger partial charge >= 0.3 is 0 Å². The summed E-state index contributed by atoms with van der Waals surface area (Å²) >= 11 is 0. The molecule has 1 aromatic heterocycles. The van der Waals surface area contributed by atoms with Crippen molar-refractivity contribution in [2.75, 3.05) is 13.1 Å². The minimum atomic E-state index is -0.406. The molecule has 23 heavy (non-hydrogen) atoms. The van der Waals surface area contributed by atoms with Crippen molar-refractivity contribution in [1.29, 1.82) is 0 Å². The first-order valence-corrected chi connectivity index (χ1v) is 8.37. The molecular weight excluding hydrogens is 290 g/mol. The molecule has 5 heteroatoms. The highest BCUT2D eigenvalue weighted by Crippen LogP contribution is 2.29. The number of hydrogen-bond donors (Lipinski definition) is 1. The summed E-state index contributed by atoms with van der Waals surface area (Å²) < 4.78 is 1.93. The predicted octanol–water partition coefficient (Wildman–Crippen LogP) is 1.96. The van der Waals surface area contributed by atoms with Gasteiger partial charge in [-0.05, 0) is 44.2 Å². The largest absolute Gasteiger partial charge is 0.391 e. The Hall–Kier alpha value is -2.14. The van der Waals surface area contributed by atoms with Gasteiger partial charge in [0.1, 0.15) is 0 Å². The van der Waals surface area contributed by atoms with Crippen molar-refractivity contribution in [2.24, 2.45) is 0 Å². The number of aliphatic hydroxyl groups excluding tert-OH is 1. The van der Waals surface area contributed by atoms with Crippen molar-refractivity contribution in [3.8, 4) is 5.69 Å². The maximum absolute atomic E-state index is 12.9. The van der Waals surface area contributed by atoms with E-state index in [0.717, 1.165) is 49.0 Å². The van der Waals surface area contributed by atoms with Crippen LogP contribution in [0.4, 0.5) is 0 Å². The molecule has 0 saturated carbocycles. The molecule has 4 rings (SSSR count). The molecule has 2 aromatic rings. The van der Waals surface area contributed by atoms with Crippen molar-refractivity contribution in [2.45, 2.75) is 38.2 Å². The minimum absolute atomic E-state index is 0.0309.